The first-order valence-corrected chi connectivity index (χ1v) is 7.39. The van der Waals surface area contributed by atoms with E-state index in [2.05, 4.69) is 5.10 Å². The maximum absolute atomic E-state index is 12.8. The van der Waals surface area contributed by atoms with Crippen LogP contribution in [0.15, 0.2) is 18.6 Å². The van der Waals surface area contributed by atoms with Crippen LogP contribution in [0.2, 0.25) is 0 Å². The summed E-state index contributed by atoms with van der Waals surface area (Å²) >= 11 is 0. The fraction of sp³-hybridized carbons (Fsp3) is 0.571. The Labute approximate surface area is 128 Å². The van der Waals surface area contributed by atoms with Gasteiger partial charge in [0.25, 0.3) is 5.91 Å². The fourth-order valence-corrected chi connectivity index (χ4v) is 2.96. The molecule has 0 aromatic carbocycles. The highest BCUT2D eigenvalue weighted by Gasteiger charge is 2.27. The van der Waals surface area contributed by atoms with Crippen molar-refractivity contribution < 1.29 is 15.0 Å². The van der Waals surface area contributed by atoms with E-state index < -0.39 is 6.10 Å². The Kier molecular flexibility index (Phi) is 4.14. The van der Waals surface area contributed by atoms with Gasteiger partial charge in [-0.15, -0.1) is 0 Å². The molecule has 0 bridgehead atoms. The molecule has 0 saturated carbocycles. The number of β-amino-alcohol motifs (C(OH)–C–C–N with tert-alkyl or cyclic N) is 2. The minimum Gasteiger partial charge on any atom is -0.395 e. The highest BCUT2D eigenvalue weighted by Crippen LogP contribution is 2.15. The van der Waals surface area contributed by atoms with Crippen molar-refractivity contribution in [2.45, 2.75) is 6.10 Å². The van der Waals surface area contributed by atoms with Gasteiger partial charge >= 0.3 is 0 Å². The van der Waals surface area contributed by atoms with Crippen molar-refractivity contribution in [3.05, 3.63) is 24.2 Å². The van der Waals surface area contributed by atoms with Crippen LogP contribution in [0.1, 0.15) is 10.4 Å². The van der Waals surface area contributed by atoms with Gasteiger partial charge in [0, 0.05) is 52.2 Å². The van der Waals surface area contributed by atoms with E-state index in [0.29, 0.717) is 38.3 Å². The largest absolute Gasteiger partial charge is 0.395 e. The zero-order valence-corrected chi connectivity index (χ0v) is 12.6. The third-order valence-corrected chi connectivity index (χ3v) is 4.05. The average molecular weight is 307 g/mol. The number of hydrogen-bond donors (Lipinski definition) is 2. The predicted molar refractivity (Wildman–Crippen MR) is 79.6 cm³/mol. The number of aliphatic hydroxyl groups is 2. The molecule has 1 aliphatic heterocycles. The molecule has 8 heteroatoms. The first-order valence-electron chi connectivity index (χ1n) is 7.39. The van der Waals surface area contributed by atoms with Crippen molar-refractivity contribution in [2.75, 3.05) is 39.3 Å². The van der Waals surface area contributed by atoms with Crippen molar-refractivity contribution in [3.63, 3.8) is 0 Å². The van der Waals surface area contributed by atoms with Gasteiger partial charge in [-0.05, 0) is 0 Å². The Morgan fingerprint density at radius 1 is 1.36 bits per heavy atom. The van der Waals surface area contributed by atoms with Crippen molar-refractivity contribution in [2.24, 2.45) is 7.05 Å². The lowest BCUT2D eigenvalue weighted by Crippen LogP contribution is -2.37. The van der Waals surface area contributed by atoms with E-state index in [9.17, 15) is 9.90 Å². The van der Waals surface area contributed by atoms with Gasteiger partial charge in [0.15, 0.2) is 0 Å². The van der Waals surface area contributed by atoms with Crippen molar-refractivity contribution in [1.82, 2.24) is 24.0 Å². The van der Waals surface area contributed by atoms with E-state index in [4.69, 9.17) is 5.11 Å². The van der Waals surface area contributed by atoms with Crippen LogP contribution in [0.5, 0.6) is 0 Å². The molecule has 0 spiro atoms. The van der Waals surface area contributed by atoms with E-state index in [1.165, 1.54) is 0 Å². The first kappa shape index (κ1) is 15.0. The van der Waals surface area contributed by atoms with E-state index in [0.717, 1.165) is 5.65 Å². The van der Waals surface area contributed by atoms with E-state index >= 15 is 0 Å². The number of amides is 1. The smallest absolute Gasteiger partial charge is 0.259 e. The lowest BCUT2D eigenvalue weighted by Gasteiger charge is -2.21. The van der Waals surface area contributed by atoms with E-state index in [1.54, 1.807) is 21.8 Å². The second-order valence-corrected chi connectivity index (χ2v) is 5.66. The molecule has 2 aromatic heterocycles. The van der Waals surface area contributed by atoms with Gasteiger partial charge in [0.05, 0.1) is 18.9 Å². The Hall–Kier alpha value is -1.90. The van der Waals surface area contributed by atoms with Crippen LogP contribution in [-0.2, 0) is 7.05 Å². The monoisotopic (exact) mass is 307 g/mol. The van der Waals surface area contributed by atoms with Gasteiger partial charge in [0.2, 0.25) is 0 Å². The first-order chi connectivity index (χ1) is 10.6. The van der Waals surface area contributed by atoms with Crippen LogP contribution < -0.4 is 0 Å². The van der Waals surface area contributed by atoms with Gasteiger partial charge in [-0.3, -0.25) is 9.69 Å². The molecule has 1 aliphatic rings. The third kappa shape index (κ3) is 2.72. The number of aliphatic hydroxyl groups excluding tert-OH is 2. The second-order valence-electron chi connectivity index (χ2n) is 5.66. The van der Waals surface area contributed by atoms with Crippen molar-refractivity contribution in [3.8, 4) is 0 Å². The van der Waals surface area contributed by atoms with Crippen LogP contribution in [0.3, 0.4) is 0 Å². The van der Waals surface area contributed by atoms with E-state index in [-0.39, 0.29) is 12.5 Å². The molecule has 22 heavy (non-hydrogen) atoms. The van der Waals surface area contributed by atoms with Crippen molar-refractivity contribution in [1.29, 1.82) is 0 Å². The predicted octanol–water partition coefficient (Wildman–Crippen LogP) is -1.22. The van der Waals surface area contributed by atoms with Crippen LogP contribution in [0.4, 0.5) is 0 Å². The van der Waals surface area contributed by atoms with Crippen LogP contribution in [-0.4, -0.2) is 85.5 Å². The standard InChI is InChI=1S/C14H21N5O3/c1-16-2-5-19-13(16)12(8-15-19)14(22)18-4-3-17(6-7-20)9-11(21)10-18/h2,5,8,11,20-21H,3-4,6-7,9-10H2,1H3. The number of fused-ring (bicyclic) bond motifs is 1. The maximum atomic E-state index is 12.8. The van der Waals surface area contributed by atoms with Gasteiger partial charge in [-0.2, -0.15) is 5.10 Å². The topological polar surface area (TPSA) is 86.2 Å². The molecule has 1 atom stereocenters. The van der Waals surface area contributed by atoms with Crippen LogP contribution in [0.25, 0.3) is 5.65 Å². The lowest BCUT2D eigenvalue weighted by atomic mass is 10.2. The quantitative estimate of drug-likeness (QED) is 0.743. The molecule has 120 valence electrons. The molecule has 2 aromatic rings. The molecule has 1 saturated heterocycles. The summed E-state index contributed by atoms with van der Waals surface area (Å²) in [6.45, 7) is 2.49. The number of hydrogen-bond acceptors (Lipinski definition) is 5. The molecule has 8 nitrogen and oxygen atoms in total. The number of carbonyl (C=O) groups is 1. The molecule has 3 rings (SSSR count). The second kappa shape index (κ2) is 6.07. The van der Waals surface area contributed by atoms with Crippen LogP contribution in [0, 0.1) is 0 Å². The molecule has 1 amide bonds. The summed E-state index contributed by atoms with van der Waals surface area (Å²) < 4.78 is 3.52. The Morgan fingerprint density at radius 2 is 2.18 bits per heavy atom. The normalized spacial score (nSPS) is 20.5. The molecular weight excluding hydrogens is 286 g/mol. The van der Waals surface area contributed by atoms with E-state index in [1.807, 2.05) is 22.7 Å². The van der Waals surface area contributed by atoms with Crippen molar-refractivity contribution >= 4 is 11.6 Å². The molecule has 1 fully saturated rings. The summed E-state index contributed by atoms with van der Waals surface area (Å²) in [6, 6.07) is 0. The number of nitrogens with zero attached hydrogens (tertiary/aromatic N) is 5. The summed E-state index contributed by atoms with van der Waals surface area (Å²) in [5.41, 5.74) is 1.28. The number of aryl methyl sites for hydroxylation is 1. The number of rotatable bonds is 3. The highest BCUT2D eigenvalue weighted by molar-refractivity contribution is 5.99. The number of aromatic nitrogens is 3. The Bertz CT molecular complexity index is 665. The zero-order chi connectivity index (χ0) is 15.7. The minimum atomic E-state index is -0.613. The van der Waals surface area contributed by atoms with Gasteiger partial charge in [-0.1, -0.05) is 0 Å². The summed E-state index contributed by atoms with van der Waals surface area (Å²) in [6.07, 6.45) is 4.60. The Balaban J connectivity index is 1.81. The summed E-state index contributed by atoms with van der Waals surface area (Å²) in [7, 11) is 1.87. The van der Waals surface area contributed by atoms with Gasteiger partial charge in [-0.25, -0.2) is 4.52 Å². The number of carbonyl (C=O) groups excluding carboxylic acids is 1. The molecule has 0 aliphatic carbocycles. The van der Waals surface area contributed by atoms with Gasteiger partial charge in [0.1, 0.15) is 11.2 Å². The van der Waals surface area contributed by atoms with Crippen LogP contribution >= 0.6 is 0 Å². The lowest BCUT2D eigenvalue weighted by molar-refractivity contribution is 0.0662. The maximum Gasteiger partial charge on any atom is 0.259 e. The fourth-order valence-electron chi connectivity index (χ4n) is 2.96. The SMILES string of the molecule is Cn1ccn2ncc(C(=O)N3CCN(CCO)CC(O)C3)c12. The highest BCUT2D eigenvalue weighted by atomic mass is 16.3. The minimum absolute atomic E-state index is 0.0497. The third-order valence-electron chi connectivity index (χ3n) is 4.05. The summed E-state index contributed by atoms with van der Waals surface area (Å²) in [4.78, 5) is 16.4. The summed E-state index contributed by atoms with van der Waals surface area (Å²) in [5.74, 6) is -0.123. The molecule has 3 heterocycles. The zero-order valence-electron chi connectivity index (χ0n) is 12.6. The molecule has 0 radical (unpaired) electrons. The molecule has 1 unspecified atom stereocenters. The van der Waals surface area contributed by atoms with Gasteiger partial charge < -0.3 is 19.7 Å². The molecule has 2 N–H and O–H groups in total. The summed E-state index contributed by atoms with van der Waals surface area (Å²) in [5, 5.41) is 23.3. The average Bonchev–Trinajstić information content (AvgIpc) is 3.00. The Morgan fingerprint density at radius 3 is 2.95 bits per heavy atom. The molecular formula is C14H21N5O3. The number of imidazole rings is 1.